The van der Waals surface area contributed by atoms with Crippen LogP contribution in [0.1, 0.15) is 64.0 Å². The van der Waals surface area contributed by atoms with Gasteiger partial charge >= 0.3 is 0 Å². The molecule has 0 spiro atoms. The fraction of sp³-hybridized carbons (Fsp3) is 0.611. The maximum Gasteiger partial charge on any atom is 0.216 e. The molecule has 1 aromatic rings. The minimum Gasteiger partial charge on any atom is -0.356 e. The number of hydrogen-bond acceptors (Lipinski definition) is 1. The maximum atomic E-state index is 10.6. The van der Waals surface area contributed by atoms with Crippen molar-refractivity contribution in [3.05, 3.63) is 35.4 Å². The molecule has 0 atom stereocenters. The third-order valence-electron chi connectivity index (χ3n) is 3.24. The monoisotopic (exact) mass is 277 g/mol. The molecule has 0 aliphatic heterocycles. The third kappa shape index (κ3) is 10.6. The molecule has 0 saturated carbocycles. The van der Waals surface area contributed by atoms with Crippen LogP contribution >= 0.6 is 0 Å². The van der Waals surface area contributed by atoms with E-state index in [2.05, 4.69) is 38.2 Å². The summed E-state index contributed by atoms with van der Waals surface area (Å²) in [7, 11) is 0. The lowest BCUT2D eigenvalue weighted by Crippen LogP contribution is -2.22. The van der Waals surface area contributed by atoms with E-state index in [1.807, 2.05) is 12.1 Å². The first kappa shape index (κ1) is 18.7. The van der Waals surface area contributed by atoms with Crippen LogP contribution in [0.3, 0.4) is 0 Å². The SMILES string of the molecule is CC(=O)NCCc1ccccc1C.CCCCCCC. The third-order valence-corrected chi connectivity index (χ3v) is 3.24. The van der Waals surface area contributed by atoms with Gasteiger partial charge in [-0.1, -0.05) is 70.2 Å². The van der Waals surface area contributed by atoms with Gasteiger partial charge in [0.15, 0.2) is 0 Å². The molecule has 1 N–H and O–H groups in total. The number of nitrogens with one attached hydrogen (secondary N) is 1. The average molecular weight is 277 g/mol. The second kappa shape index (κ2) is 12.7. The topological polar surface area (TPSA) is 29.1 Å². The summed E-state index contributed by atoms with van der Waals surface area (Å²) in [5, 5.41) is 2.78. The number of aryl methyl sites for hydroxylation is 1. The number of rotatable bonds is 7. The Morgan fingerprint density at radius 1 is 1.05 bits per heavy atom. The van der Waals surface area contributed by atoms with Crippen molar-refractivity contribution in [3.8, 4) is 0 Å². The van der Waals surface area contributed by atoms with Crippen LogP contribution in [0.5, 0.6) is 0 Å². The summed E-state index contributed by atoms with van der Waals surface area (Å²) in [5.41, 5.74) is 2.59. The van der Waals surface area contributed by atoms with E-state index in [1.165, 1.54) is 50.2 Å². The Morgan fingerprint density at radius 2 is 1.65 bits per heavy atom. The van der Waals surface area contributed by atoms with E-state index in [1.54, 1.807) is 0 Å². The molecule has 0 unspecified atom stereocenters. The molecule has 0 heterocycles. The van der Waals surface area contributed by atoms with Crippen LogP contribution in [0.4, 0.5) is 0 Å². The van der Waals surface area contributed by atoms with Gasteiger partial charge in [-0.3, -0.25) is 4.79 Å². The van der Waals surface area contributed by atoms with Crippen molar-refractivity contribution in [2.24, 2.45) is 0 Å². The normalized spacial score (nSPS) is 9.60. The van der Waals surface area contributed by atoms with E-state index in [0.717, 1.165) is 13.0 Å². The highest BCUT2D eigenvalue weighted by molar-refractivity contribution is 5.72. The minimum atomic E-state index is 0.0357. The summed E-state index contributed by atoms with van der Waals surface area (Å²) in [6.07, 6.45) is 7.92. The first-order valence-electron chi connectivity index (χ1n) is 7.90. The zero-order chi connectivity index (χ0) is 15.2. The van der Waals surface area contributed by atoms with Crippen molar-refractivity contribution in [1.29, 1.82) is 0 Å². The van der Waals surface area contributed by atoms with Gasteiger partial charge in [-0.05, 0) is 24.5 Å². The highest BCUT2D eigenvalue weighted by Gasteiger charge is 1.96. The predicted molar refractivity (Wildman–Crippen MR) is 88.0 cm³/mol. The zero-order valence-electron chi connectivity index (χ0n) is 13.7. The Balaban J connectivity index is 0.000000441. The number of carbonyl (C=O) groups excluding carboxylic acids is 1. The van der Waals surface area contributed by atoms with Gasteiger partial charge in [0.1, 0.15) is 0 Å². The summed E-state index contributed by atoms with van der Waals surface area (Å²) in [5.74, 6) is 0.0357. The Hall–Kier alpha value is -1.31. The maximum absolute atomic E-state index is 10.6. The smallest absolute Gasteiger partial charge is 0.216 e. The number of benzene rings is 1. The molecule has 0 aromatic heterocycles. The number of hydrogen-bond donors (Lipinski definition) is 1. The van der Waals surface area contributed by atoms with Gasteiger partial charge in [0, 0.05) is 13.5 Å². The fourth-order valence-electron chi connectivity index (χ4n) is 1.94. The van der Waals surface area contributed by atoms with Gasteiger partial charge in [0.2, 0.25) is 5.91 Å². The van der Waals surface area contributed by atoms with Crippen molar-refractivity contribution >= 4 is 5.91 Å². The summed E-state index contributed by atoms with van der Waals surface area (Å²) in [4.78, 5) is 10.6. The highest BCUT2D eigenvalue weighted by atomic mass is 16.1. The number of amides is 1. The van der Waals surface area contributed by atoms with Crippen molar-refractivity contribution < 1.29 is 4.79 Å². The van der Waals surface area contributed by atoms with Crippen molar-refractivity contribution in [2.75, 3.05) is 6.54 Å². The molecule has 2 nitrogen and oxygen atoms in total. The molecule has 0 fully saturated rings. The molecule has 20 heavy (non-hydrogen) atoms. The Bertz CT molecular complexity index is 356. The van der Waals surface area contributed by atoms with Crippen LogP contribution in [-0.2, 0) is 11.2 Å². The van der Waals surface area contributed by atoms with E-state index in [-0.39, 0.29) is 5.91 Å². The van der Waals surface area contributed by atoms with Gasteiger partial charge in [0.25, 0.3) is 0 Å². The van der Waals surface area contributed by atoms with Crippen molar-refractivity contribution in [3.63, 3.8) is 0 Å². The molecule has 2 heteroatoms. The van der Waals surface area contributed by atoms with E-state index in [4.69, 9.17) is 0 Å². The largest absolute Gasteiger partial charge is 0.356 e. The average Bonchev–Trinajstić information content (AvgIpc) is 2.42. The fourth-order valence-corrected chi connectivity index (χ4v) is 1.94. The van der Waals surface area contributed by atoms with E-state index in [9.17, 15) is 4.79 Å². The highest BCUT2D eigenvalue weighted by Crippen LogP contribution is 2.06. The lowest BCUT2D eigenvalue weighted by atomic mass is 10.1. The van der Waals surface area contributed by atoms with E-state index < -0.39 is 0 Å². The van der Waals surface area contributed by atoms with E-state index >= 15 is 0 Å². The van der Waals surface area contributed by atoms with Crippen LogP contribution in [0, 0.1) is 6.92 Å². The summed E-state index contributed by atoms with van der Waals surface area (Å²) in [6.45, 7) is 8.84. The Labute approximate surface area is 125 Å². The molecule has 114 valence electrons. The Kier molecular flexibility index (Phi) is 11.9. The second-order valence-electron chi connectivity index (χ2n) is 5.22. The lowest BCUT2D eigenvalue weighted by Gasteiger charge is -2.05. The van der Waals surface area contributed by atoms with Crippen molar-refractivity contribution in [1.82, 2.24) is 5.32 Å². The molecule has 1 aromatic carbocycles. The van der Waals surface area contributed by atoms with Crippen LogP contribution < -0.4 is 5.32 Å². The van der Waals surface area contributed by atoms with Crippen LogP contribution in [0.2, 0.25) is 0 Å². The molecule has 0 aliphatic carbocycles. The summed E-state index contributed by atoms with van der Waals surface area (Å²) >= 11 is 0. The lowest BCUT2D eigenvalue weighted by molar-refractivity contribution is -0.118. The predicted octanol–water partition coefficient (Wildman–Crippen LogP) is 4.65. The zero-order valence-corrected chi connectivity index (χ0v) is 13.7. The number of carbonyl (C=O) groups is 1. The molecular weight excluding hydrogens is 246 g/mol. The summed E-state index contributed by atoms with van der Waals surface area (Å²) < 4.78 is 0. The minimum absolute atomic E-state index is 0.0357. The van der Waals surface area contributed by atoms with Gasteiger partial charge < -0.3 is 5.32 Å². The molecule has 0 bridgehead atoms. The van der Waals surface area contributed by atoms with E-state index in [0.29, 0.717) is 0 Å². The van der Waals surface area contributed by atoms with Gasteiger partial charge in [0.05, 0.1) is 0 Å². The Morgan fingerprint density at radius 3 is 2.15 bits per heavy atom. The standard InChI is InChI=1S/C11H15NO.C7H16/c1-9-5-3-4-6-11(9)7-8-12-10(2)13;1-3-5-7-6-4-2/h3-6H,7-8H2,1-2H3,(H,12,13);3-7H2,1-2H3. The quantitative estimate of drug-likeness (QED) is 0.722. The van der Waals surface area contributed by atoms with Crippen LogP contribution in [0.25, 0.3) is 0 Å². The molecule has 1 rings (SSSR count). The van der Waals surface area contributed by atoms with Crippen LogP contribution in [-0.4, -0.2) is 12.5 Å². The summed E-state index contributed by atoms with van der Waals surface area (Å²) in [6, 6.07) is 8.23. The molecule has 1 amide bonds. The first-order chi connectivity index (χ1) is 9.61. The molecule has 0 aliphatic rings. The molecule has 0 saturated heterocycles. The molecule has 0 radical (unpaired) electrons. The van der Waals surface area contributed by atoms with Crippen LogP contribution in [0.15, 0.2) is 24.3 Å². The molecular formula is C18H31NO. The number of unbranched alkanes of at least 4 members (excludes halogenated alkanes) is 4. The van der Waals surface area contributed by atoms with Gasteiger partial charge in [-0.2, -0.15) is 0 Å². The van der Waals surface area contributed by atoms with Gasteiger partial charge in [-0.25, -0.2) is 0 Å². The van der Waals surface area contributed by atoms with Crippen molar-refractivity contribution in [2.45, 2.75) is 66.2 Å². The second-order valence-corrected chi connectivity index (χ2v) is 5.22. The first-order valence-corrected chi connectivity index (χ1v) is 7.90. The van der Waals surface area contributed by atoms with Gasteiger partial charge in [-0.15, -0.1) is 0 Å².